The van der Waals surface area contributed by atoms with Crippen LogP contribution in [0.4, 0.5) is 5.13 Å². The summed E-state index contributed by atoms with van der Waals surface area (Å²) >= 11 is 3.00. The van der Waals surface area contributed by atoms with Crippen LogP contribution < -0.4 is 5.32 Å². The molecule has 0 atom stereocenters. The van der Waals surface area contributed by atoms with Crippen molar-refractivity contribution in [3.8, 4) is 0 Å². The Hall–Kier alpha value is -2.18. The summed E-state index contributed by atoms with van der Waals surface area (Å²) in [5, 5.41) is 11.4. The van der Waals surface area contributed by atoms with Gasteiger partial charge in [-0.15, -0.1) is 10.2 Å². The molecule has 0 fully saturated rings. The predicted octanol–water partition coefficient (Wildman–Crippen LogP) is 4.39. The van der Waals surface area contributed by atoms with E-state index in [1.165, 1.54) is 16.9 Å². The lowest BCUT2D eigenvalue weighted by atomic mass is 10.1. The molecule has 1 N–H and O–H groups in total. The second kappa shape index (κ2) is 7.39. The fourth-order valence-corrected chi connectivity index (χ4v) is 3.62. The molecule has 6 heteroatoms. The summed E-state index contributed by atoms with van der Waals surface area (Å²) in [6.45, 7) is 1.99. The third kappa shape index (κ3) is 4.40. The molecule has 116 valence electrons. The number of rotatable bonds is 5. The highest BCUT2D eigenvalue weighted by molar-refractivity contribution is 8.00. The van der Waals surface area contributed by atoms with Crippen LogP contribution >= 0.6 is 23.1 Å². The quantitative estimate of drug-likeness (QED) is 0.552. The van der Waals surface area contributed by atoms with Gasteiger partial charge in [0, 0.05) is 11.3 Å². The van der Waals surface area contributed by atoms with E-state index in [2.05, 4.69) is 27.6 Å². The van der Waals surface area contributed by atoms with Gasteiger partial charge in [-0.1, -0.05) is 71.1 Å². The number of amides is 1. The van der Waals surface area contributed by atoms with Crippen LogP contribution in [-0.4, -0.2) is 16.1 Å². The summed E-state index contributed by atoms with van der Waals surface area (Å²) in [6.07, 6.45) is 0. The van der Waals surface area contributed by atoms with Crippen molar-refractivity contribution in [2.24, 2.45) is 0 Å². The van der Waals surface area contributed by atoms with E-state index in [0.717, 1.165) is 15.7 Å². The van der Waals surface area contributed by atoms with Crippen molar-refractivity contribution >= 4 is 34.1 Å². The van der Waals surface area contributed by atoms with Crippen LogP contribution in [0.5, 0.6) is 0 Å². The predicted molar refractivity (Wildman–Crippen MR) is 95.0 cm³/mol. The summed E-state index contributed by atoms with van der Waals surface area (Å²) in [5.74, 6) is 0.669. The smallest absolute Gasteiger partial charge is 0.257 e. The Morgan fingerprint density at radius 1 is 1.09 bits per heavy atom. The third-order valence-corrected chi connectivity index (χ3v) is 5.19. The molecule has 23 heavy (non-hydrogen) atoms. The lowest BCUT2D eigenvalue weighted by molar-refractivity contribution is 0.102. The number of thioether (sulfide) groups is 1. The monoisotopic (exact) mass is 341 g/mol. The Kier molecular flexibility index (Phi) is 5.05. The average Bonchev–Trinajstić information content (AvgIpc) is 3.02. The Labute approximate surface area is 143 Å². The molecule has 0 spiro atoms. The molecule has 0 bridgehead atoms. The maximum Gasteiger partial charge on any atom is 0.257 e. The highest BCUT2D eigenvalue weighted by atomic mass is 32.2. The van der Waals surface area contributed by atoms with Crippen molar-refractivity contribution in [1.82, 2.24) is 10.2 Å². The standard InChI is InChI=1S/C17H15N3OS2/c1-12-7-9-14(10-8-12)15(21)18-16-19-20-17(23-16)22-11-13-5-3-2-4-6-13/h2-10H,11H2,1H3,(H,18,19,21). The molecule has 0 aliphatic rings. The zero-order chi connectivity index (χ0) is 16.1. The number of benzene rings is 2. The van der Waals surface area contributed by atoms with E-state index in [4.69, 9.17) is 0 Å². The molecular weight excluding hydrogens is 326 g/mol. The summed E-state index contributed by atoms with van der Waals surface area (Å²) < 4.78 is 0.841. The summed E-state index contributed by atoms with van der Waals surface area (Å²) in [4.78, 5) is 12.1. The number of hydrogen-bond donors (Lipinski definition) is 1. The minimum absolute atomic E-state index is 0.166. The molecule has 0 unspecified atom stereocenters. The Balaban J connectivity index is 1.58. The van der Waals surface area contributed by atoms with E-state index >= 15 is 0 Å². The van der Waals surface area contributed by atoms with E-state index < -0.39 is 0 Å². The van der Waals surface area contributed by atoms with Crippen molar-refractivity contribution in [1.29, 1.82) is 0 Å². The van der Waals surface area contributed by atoms with Gasteiger partial charge in [0.1, 0.15) is 0 Å². The van der Waals surface area contributed by atoms with Crippen LogP contribution in [0.25, 0.3) is 0 Å². The lowest BCUT2D eigenvalue weighted by Gasteiger charge is -2.01. The van der Waals surface area contributed by atoms with Gasteiger partial charge in [-0.2, -0.15) is 0 Å². The van der Waals surface area contributed by atoms with Gasteiger partial charge in [0.05, 0.1) is 0 Å². The van der Waals surface area contributed by atoms with Gasteiger partial charge in [0.15, 0.2) is 4.34 Å². The first-order valence-electron chi connectivity index (χ1n) is 7.09. The van der Waals surface area contributed by atoms with Gasteiger partial charge in [0.2, 0.25) is 5.13 Å². The van der Waals surface area contributed by atoms with E-state index in [0.29, 0.717) is 10.7 Å². The van der Waals surface area contributed by atoms with Crippen LogP contribution in [0, 0.1) is 6.92 Å². The first-order chi connectivity index (χ1) is 11.2. The fourth-order valence-electron chi connectivity index (χ4n) is 1.91. The van der Waals surface area contributed by atoms with E-state index in [9.17, 15) is 4.79 Å². The average molecular weight is 341 g/mol. The number of nitrogens with zero attached hydrogens (tertiary/aromatic N) is 2. The number of aryl methyl sites for hydroxylation is 1. The molecule has 0 saturated carbocycles. The van der Waals surface area contributed by atoms with Crippen molar-refractivity contribution in [2.45, 2.75) is 17.0 Å². The highest BCUT2D eigenvalue weighted by Gasteiger charge is 2.10. The van der Waals surface area contributed by atoms with Crippen LogP contribution in [0.3, 0.4) is 0 Å². The number of carbonyl (C=O) groups excluding carboxylic acids is 1. The molecule has 4 nitrogen and oxygen atoms in total. The van der Waals surface area contributed by atoms with Gasteiger partial charge in [-0.25, -0.2) is 0 Å². The fraction of sp³-hybridized carbons (Fsp3) is 0.118. The van der Waals surface area contributed by atoms with E-state index in [-0.39, 0.29) is 5.91 Å². The van der Waals surface area contributed by atoms with E-state index in [1.54, 1.807) is 23.9 Å². The molecule has 3 aromatic rings. The number of nitrogens with one attached hydrogen (secondary N) is 1. The molecule has 0 saturated heterocycles. The number of aromatic nitrogens is 2. The first kappa shape index (κ1) is 15.7. The molecule has 1 heterocycles. The van der Waals surface area contributed by atoms with Crippen molar-refractivity contribution in [2.75, 3.05) is 5.32 Å². The van der Waals surface area contributed by atoms with Gasteiger partial charge < -0.3 is 0 Å². The number of anilines is 1. The zero-order valence-electron chi connectivity index (χ0n) is 12.5. The maximum atomic E-state index is 12.1. The molecule has 0 aliphatic heterocycles. The summed E-state index contributed by atoms with van der Waals surface area (Å²) in [7, 11) is 0. The second-order valence-electron chi connectivity index (χ2n) is 4.97. The Morgan fingerprint density at radius 2 is 1.83 bits per heavy atom. The molecule has 0 aliphatic carbocycles. The largest absolute Gasteiger partial charge is 0.296 e. The molecule has 0 radical (unpaired) electrons. The summed E-state index contributed by atoms with van der Waals surface area (Å²) in [5.41, 5.74) is 2.97. The maximum absolute atomic E-state index is 12.1. The topological polar surface area (TPSA) is 54.9 Å². The number of carbonyl (C=O) groups is 1. The molecule has 2 aromatic carbocycles. The minimum Gasteiger partial charge on any atom is -0.296 e. The van der Waals surface area contributed by atoms with Crippen molar-refractivity contribution < 1.29 is 4.79 Å². The SMILES string of the molecule is Cc1ccc(C(=O)Nc2nnc(SCc3ccccc3)s2)cc1. The van der Waals surface area contributed by atoms with Gasteiger partial charge >= 0.3 is 0 Å². The van der Waals surface area contributed by atoms with Crippen LogP contribution in [0.15, 0.2) is 58.9 Å². The Morgan fingerprint density at radius 3 is 2.57 bits per heavy atom. The van der Waals surface area contributed by atoms with Gasteiger partial charge in [-0.3, -0.25) is 10.1 Å². The molecule has 3 rings (SSSR count). The van der Waals surface area contributed by atoms with Crippen LogP contribution in [-0.2, 0) is 5.75 Å². The van der Waals surface area contributed by atoms with Crippen molar-refractivity contribution in [3.63, 3.8) is 0 Å². The molecular formula is C17H15N3OS2. The van der Waals surface area contributed by atoms with Gasteiger partial charge in [-0.05, 0) is 24.6 Å². The Bertz CT molecular complexity index is 785. The van der Waals surface area contributed by atoms with E-state index in [1.807, 2.05) is 37.3 Å². The van der Waals surface area contributed by atoms with Crippen LogP contribution in [0.2, 0.25) is 0 Å². The van der Waals surface area contributed by atoms with Gasteiger partial charge in [0.25, 0.3) is 5.91 Å². The molecule has 1 aromatic heterocycles. The first-order valence-corrected chi connectivity index (χ1v) is 8.89. The minimum atomic E-state index is -0.166. The molecule has 1 amide bonds. The normalized spacial score (nSPS) is 10.5. The third-order valence-electron chi connectivity index (χ3n) is 3.15. The second-order valence-corrected chi connectivity index (χ2v) is 7.17. The highest BCUT2D eigenvalue weighted by Crippen LogP contribution is 2.28. The lowest BCUT2D eigenvalue weighted by Crippen LogP contribution is -2.11. The summed E-state index contributed by atoms with van der Waals surface area (Å²) in [6, 6.07) is 17.6. The number of hydrogen-bond acceptors (Lipinski definition) is 5. The zero-order valence-corrected chi connectivity index (χ0v) is 14.2. The van der Waals surface area contributed by atoms with Crippen molar-refractivity contribution in [3.05, 3.63) is 71.3 Å². The van der Waals surface area contributed by atoms with Crippen LogP contribution in [0.1, 0.15) is 21.5 Å².